The molecule has 0 bridgehead atoms. The number of benzene rings is 2. The van der Waals surface area contributed by atoms with Crippen LogP contribution in [-0.4, -0.2) is 37.6 Å². The van der Waals surface area contributed by atoms with Gasteiger partial charge in [0.1, 0.15) is 5.75 Å². The molecule has 2 aromatic rings. The Balaban J connectivity index is 0.00000364. The number of nitrogens with one attached hydrogen (secondary N) is 1. The lowest BCUT2D eigenvalue weighted by Gasteiger charge is -2.29. The van der Waals surface area contributed by atoms with Gasteiger partial charge < -0.3 is 15.8 Å². The molecule has 7 heteroatoms. The predicted octanol–water partition coefficient (Wildman–Crippen LogP) is 4.78. The summed E-state index contributed by atoms with van der Waals surface area (Å²) in [5.74, 6) is 1.17. The number of halogens is 2. The Hall–Kier alpha value is -1.51. The van der Waals surface area contributed by atoms with Crippen LogP contribution < -0.4 is 15.8 Å². The number of hydrogen-bond acceptors (Lipinski definition) is 3. The van der Waals surface area contributed by atoms with Crippen molar-refractivity contribution >= 4 is 47.2 Å². The van der Waals surface area contributed by atoms with E-state index in [0.717, 1.165) is 35.1 Å². The summed E-state index contributed by atoms with van der Waals surface area (Å²) in [7, 11) is 1.64. The molecule has 148 valence electrons. The molecule has 0 aliphatic carbocycles. The van der Waals surface area contributed by atoms with Gasteiger partial charge in [-0.25, -0.2) is 0 Å². The largest absolute Gasteiger partial charge is 0.497 e. The molecule has 0 fully saturated rings. The maximum absolute atomic E-state index is 6.42. The van der Waals surface area contributed by atoms with Crippen LogP contribution in [0.15, 0.2) is 53.5 Å². The smallest absolute Gasteiger partial charge is 0.193 e. The van der Waals surface area contributed by atoms with Gasteiger partial charge in [0.2, 0.25) is 0 Å². The van der Waals surface area contributed by atoms with Gasteiger partial charge in [-0.05, 0) is 49.0 Å². The van der Waals surface area contributed by atoms with E-state index in [1.54, 1.807) is 7.11 Å². The number of nitrogens with two attached hydrogens (primary N) is 1. The highest BCUT2D eigenvalue weighted by molar-refractivity contribution is 14.0. The lowest BCUT2D eigenvalue weighted by Crippen LogP contribution is -2.32. The Morgan fingerprint density at radius 2 is 1.78 bits per heavy atom. The van der Waals surface area contributed by atoms with E-state index in [0.29, 0.717) is 12.5 Å². The molecule has 2 rings (SSSR count). The standard InChI is InChI=1S/C20H27ClN4O.HI/c1-4-25(5-2)19(17-8-6-7-9-18(17)21)14-23-20(22)24-15-10-12-16(26-3)13-11-15;/h6-13,19H,4-5,14H2,1-3H3,(H3,22,23,24);1H. The van der Waals surface area contributed by atoms with Crippen LogP contribution in [-0.2, 0) is 0 Å². The van der Waals surface area contributed by atoms with Crippen LogP contribution >= 0.6 is 35.6 Å². The summed E-state index contributed by atoms with van der Waals surface area (Å²) in [4.78, 5) is 6.87. The summed E-state index contributed by atoms with van der Waals surface area (Å²) >= 11 is 6.42. The second kappa shape index (κ2) is 12.0. The van der Waals surface area contributed by atoms with Crippen molar-refractivity contribution in [2.45, 2.75) is 19.9 Å². The van der Waals surface area contributed by atoms with E-state index >= 15 is 0 Å². The Morgan fingerprint density at radius 3 is 2.33 bits per heavy atom. The highest BCUT2D eigenvalue weighted by atomic mass is 127. The van der Waals surface area contributed by atoms with E-state index in [1.807, 2.05) is 48.5 Å². The lowest BCUT2D eigenvalue weighted by molar-refractivity contribution is 0.224. The van der Waals surface area contributed by atoms with Crippen LogP contribution in [0.3, 0.4) is 0 Å². The topological polar surface area (TPSA) is 62.9 Å². The molecular weight excluding hydrogens is 475 g/mol. The maximum atomic E-state index is 6.42. The van der Waals surface area contributed by atoms with Gasteiger partial charge in [-0.2, -0.15) is 0 Å². The molecule has 0 aliphatic rings. The number of anilines is 1. The Bertz CT molecular complexity index is 720. The molecule has 0 aromatic heterocycles. The summed E-state index contributed by atoms with van der Waals surface area (Å²) in [6, 6.07) is 15.5. The first-order chi connectivity index (χ1) is 12.6. The fraction of sp³-hybridized carbons (Fsp3) is 0.350. The van der Waals surface area contributed by atoms with Gasteiger partial charge in [0.25, 0.3) is 0 Å². The molecule has 0 spiro atoms. The third kappa shape index (κ3) is 6.86. The van der Waals surface area contributed by atoms with Gasteiger partial charge in [-0.3, -0.25) is 9.89 Å². The second-order valence-electron chi connectivity index (χ2n) is 5.84. The van der Waals surface area contributed by atoms with Crippen molar-refractivity contribution in [3.63, 3.8) is 0 Å². The predicted molar refractivity (Wildman–Crippen MR) is 126 cm³/mol. The molecule has 3 N–H and O–H groups in total. The van der Waals surface area contributed by atoms with E-state index < -0.39 is 0 Å². The molecule has 5 nitrogen and oxygen atoms in total. The fourth-order valence-electron chi connectivity index (χ4n) is 2.87. The normalized spacial score (nSPS) is 12.4. The van der Waals surface area contributed by atoms with Gasteiger partial charge in [-0.1, -0.05) is 43.6 Å². The Morgan fingerprint density at radius 1 is 1.15 bits per heavy atom. The zero-order chi connectivity index (χ0) is 18.9. The molecule has 0 radical (unpaired) electrons. The molecule has 1 atom stereocenters. The third-order valence-corrected chi connectivity index (χ3v) is 4.66. The quantitative estimate of drug-likeness (QED) is 0.310. The summed E-state index contributed by atoms with van der Waals surface area (Å²) in [6.07, 6.45) is 0. The number of nitrogens with zero attached hydrogens (tertiary/aromatic N) is 2. The Labute approximate surface area is 184 Å². The van der Waals surface area contributed by atoms with E-state index in [-0.39, 0.29) is 30.0 Å². The highest BCUT2D eigenvalue weighted by Crippen LogP contribution is 2.27. The van der Waals surface area contributed by atoms with Crippen LogP contribution in [0.4, 0.5) is 5.69 Å². The van der Waals surface area contributed by atoms with Crippen LogP contribution in [0.25, 0.3) is 0 Å². The first kappa shape index (κ1) is 23.5. The minimum atomic E-state index is 0. The zero-order valence-corrected chi connectivity index (χ0v) is 19.1. The van der Waals surface area contributed by atoms with Crippen molar-refractivity contribution in [1.29, 1.82) is 0 Å². The number of aliphatic imine (C=N–C) groups is 1. The minimum Gasteiger partial charge on any atom is -0.497 e. The van der Waals surface area contributed by atoms with Crippen molar-refractivity contribution in [2.24, 2.45) is 10.7 Å². The van der Waals surface area contributed by atoms with Crippen molar-refractivity contribution in [3.8, 4) is 5.75 Å². The van der Waals surface area contributed by atoms with Gasteiger partial charge in [-0.15, -0.1) is 24.0 Å². The first-order valence-corrected chi connectivity index (χ1v) is 9.16. The van der Waals surface area contributed by atoms with Gasteiger partial charge in [0.05, 0.1) is 19.7 Å². The number of rotatable bonds is 8. The molecule has 0 saturated carbocycles. The lowest BCUT2D eigenvalue weighted by atomic mass is 10.1. The minimum absolute atomic E-state index is 0. The van der Waals surface area contributed by atoms with Crippen LogP contribution in [0.2, 0.25) is 5.02 Å². The van der Waals surface area contributed by atoms with Crippen LogP contribution in [0, 0.1) is 0 Å². The monoisotopic (exact) mass is 502 g/mol. The molecule has 2 aromatic carbocycles. The third-order valence-electron chi connectivity index (χ3n) is 4.31. The summed E-state index contributed by atoms with van der Waals surface area (Å²) < 4.78 is 5.16. The molecule has 0 heterocycles. The SMILES string of the molecule is CCN(CC)C(CN=C(N)Nc1ccc(OC)cc1)c1ccccc1Cl.I. The van der Waals surface area contributed by atoms with E-state index in [4.69, 9.17) is 22.1 Å². The molecular formula is C20H28ClIN4O. The average molecular weight is 503 g/mol. The van der Waals surface area contributed by atoms with Crippen molar-refractivity contribution in [1.82, 2.24) is 4.90 Å². The molecule has 0 saturated heterocycles. The van der Waals surface area contributed by atoms with Gasteiger partial charge in [0, 0.05) is 10.7 Å². The average Bonchev–Trinajstić information content (AvgIpc) is 2.66. The van der Waals surface area contributed by atoms with Crippen LogP contribution in [0.1, 0.15) is 25.5 Å². The molecule has 27 heavy (non-hydrogen) atoms. The number of guanidine groups is 1. The number of ether oxygens (including phenoxy) is 1. The van der Waals surface area contributed by atoms with E-state index in [9.17, 15) is 0 Å². The summed E-state index contributed by atoms with van der Waals surface area (Å²) in [5, 5.41) is 3.86. The number of hydrogen-bond donors (Lipinski definition) is 2. The number of methoxy groups -OCH3 is 1. The van der Waals surface area contributed by atoms with Crippen molar-refractivity contribution in [3.05, 3.63) is 59.1 Å². The van der Waals surface area contributed by atoms with Gasteiger partial charge in [0.15, 0.2) is 5.96 Å². The summed E-state index contributed by atoms with van der Waals surface area (Å²) in [5.41, 5.74) is 8.01. The maximum Gasteiger partial charge on any atom is 0.193 e. The van der Waals surface area contributed by atoms with Crippen LogP contribution in [0.5, 0.6) is 5.75 Å². The fourth-order valence-corrected chi connectivity index (χ4v) is 3.13. The number of likely N-dealkylation sites (N-methyl/N-ethyl adjacent to an activating group) is 1. The summed E-state index contributed by atoms with van der Waals surface area (Å²) in [6.45, 7) is 6.62. The molecule has 1 unspecified atom stereocenters. The van der Waals surface area contributed by atoms with E-state index in [2.05, 4.69) is 29.1 Å². The molecule has 0 amide bonds. The van der Waals surface area contributed by atoms with Gasteiger partial charge >= 0.3 is 0 Å². The second-order valence-corrected chi connectivity index (χ2v) is 6.25. The first-order valence-electron chi connectivity index (χ1n) is 8.78. The van der Waals surface area contributed by atoms with Crippen molar-refractivity contribution < 1.29 is 4.74 Å². The zero-order valence-electron chi connectivity index (χ0n) is 16.0. The Kier molecular flexibility index (Phi) is 10.5. The highest BCUT2D eigenvalue weighted by Gasteiger charge is 2.20. The van der Waals surface area contributed by atoms with Crippen molar-refractivity contribution in [2.75, 3.05) is 32.1 Å². The molecule has 0 aliphatic heterocycles. The van der Waals surface area contributed by atoms with E-state index in [1.165, 1.54) is 0 Å².